The highest BCUT2D eigenvalue weighted by Crippen LogP contribution is 2.49. The van der Waals surface area contributed by atoms with E-state index in [1.807, 2.05) is 0 Å². The molecule has 4 heteroatoms. The average molecular weight is 296 g/mol. The van der Waals surface area contributed by atoms with Crippen LogP contribution >= 0.6 is 11.6 Å². The van der Waals surface area contributed by atoms with Crippen LogP contribution in [-0.2, 0) is 0 Å². The van der Waals surface area contributed by atoms with E-state index in [1.165, 1.54) is 43.9 Å². The fourth-order valence-corrected chi connectivity index (χ4v) is 4.22. The molecule has 2 saturated carbocycles. The van der Waals surface area contributed by atoms with Gasteiger partial charge in [-0.3, -0.25) is 4.79 Å². The Bertz CT molecular complexity index is 533. The first kappa shape index (κ1) is 13.9. The number of nitrogens with one attached hydrogen (secondary N) is 1. The van der Waals surface area contributed by atoms with Gasteiger partial charge in [0.15, 0.2) is 0 Å². The molecule has 2 fully saturated rings. The van der Waals surface area contributed by atoms with Gasteiger partial charge in [-0.15, -0.1) is 0 Å². The van der Waals surface area contributed by atoms with Crippen LogP contribution in [0.5, 0.6) is 0 Å². The highest BCUT2D eigenvalue weighted by Gasteiger charge is 2.42. The van der Waals surface area contributed by atoms with E-state index >= 15 is 0 Å². The highest BCUT2D eigenvalue weighted by atomic mass is 35.5. The van der Waals surface area contributed by atoms with Crippen molar-refractivity contribution in [2.75, 3.05) is 0 Å². The number of rotatable bonds is 3. The van der Waals surface area contributed by atoms with E-state index in [9.17, 15) is 9.18 Å². The molecule has 0 aliphatic heterocycles. The number of halogens is 2. The van der Waals surface area contributed by atoms with E-state index in [-0.39, 0.29) is 17.0 Å². The van der Waals surface area contributed by atoms with Crippen LogP contribution in [0, 0.1) is 23.6 Å². The summed E-state index contributed by atoms with van der Waals surface area (Å²) in [4.78, 5) is 12.2. The Morgan fingerprint density at radius 3 is 2.80 bits per heavy atom. The second-order valence-corrected chi connectivity index (χ2v) is 6.63. The Morgan fingerprint density at radius 1 is 1.40 bits per heavy atom. The van der Waals surface area contributed by atoms with Crippen molar-refractivity contribution in [3.05, 3.63) is 34.6 Å². The van der Waals surface area contributed by atoms with Crippen molar-refractivity contribution in [3.63, 3.8) is 0 Å². The maximum atomic E-state index is 13.0. The predicted octanol–water partition coefficient (Wildman–Crippen LogP) is 4.03. The minimum Gasteiger partial charge on any atom is -0.349 e. The molecule has 0 saturated heterocycles. The van der Waals surface area contributed by atoms with Crippen LogP contribution in [0.3, 0.4) is 0 Å². The lowest BCUT2D eigenvalue weighted by molar-refractivity contribution is 0.0915. The zero-order valence-electron chi connectivity index (χ0n) is 11.5. The molecule has 1 aromatic rings. The van der Waals surface area contributed by atoms with E-state index in [1.54, 1.807) is 0 Å². The van der Waals surface area contributed by atoms with Crippen molar-refractivity contribution >= 4 is 17.5 Å². The number of hydrogen-bond donors (Lipinski definition) is 1. The summed E-state index contributed by atoms with van der Waals surface area (Å²) in [5.41, 5.74) is 0.350. The van der Waals surface area contributed by atoms with Crippen molar-refractivity contribution in [2.45, 2.75) is 38.6 Å². The van der Waals surface area contributed by atoms with E-state index < -0.39 is 5.82 Å². The van der Waals surface area contributed by atoms with Gasteiger partial charge in [0.25, 0.3) is 5.91 Å². The number of benzene rings is 1. The third kappa shape index (κ3) is 2.56. The minimum atomic E-state index is -0.423. The van der Waals surface area contributed by atoms with Gasteiger partial charge in [-0.1, -0.05) is 18.0 Å². The van der Waals surface area contributed by atoms with E-state index in [0.717, 1.165) is 11.8 Å². The molecule has 108 valence electrons. The van der Waals surface area contributed by atoms with Crippen LogP contribution < -0.4 is 5.32 Å². The summed E-state index contributed by atoms with van der Waals surface area (Å²) in [7, 11) is 0. The maximum Gasteiger partial charge on any atom is 0.253 e. The molecule has 0 radical (unpaired) electrons. The van der Waals surface area contributed by atoms with Crippen molar-refractivity contribution < 1.29 is 9.18 Å². The van der Waals surface area contributed by atoms with Gasteiger partial charge >= 0.3 is 0 Å². The molecule has 0 aromatic heterocycles. The van der Waals surface area contributed by atoms with Crippen molar-refractivity contribution in [1.29, 1.82) is 0 Å². The topological polar surface area (TPSA) is 29.1 Å². The molecule has 0 spiro atoms. The van der Waals surface area contributed by atoms with Crippen LogP contribution in [0.15, 0.2) is 18.2 Å². The Labute approximate surface area is 123 Å². The van der Waals surface area contributed by atoms with Crippen LogP contribution in [0.2, 0.25) is 5.02 Å². The first-order chi connectivity index (χ1) is 9.54. The minimum absolute atomic E-state index is 0.152. The number of hydrogen-bond acceptors (Lipinski definition) is 1. The first-order valence-corrected chi connectivity index (χ1v) is 7.68. The molecule has 4 atom stereocenters. The van der Waals surface area contributed by atoms with Crippen molar-refractivity contribution in [3.8, 4) is 0 Å². The number of fused-ring (bicyclic) bond motifs is 2. The Kier molecular flexibility index (Phi) is 3.72. The van der Waals surface area contributed by atoms with Gasteiger partial charge in [0, 0.05) is 6.04 Å². The summed E-state index contributed by atoms with van der Waals surface area (Å²) in [5.74, 6) is 1.58. The molecule has 1 amide bonds. The van der Waals surface area contributed by atoms with Crippen LogP contribution in [-0.4, -0.2) is 11.9 Å². The Hall–Kier alpha value is -1.09. The first-order valence-electron chi connectivity index (χ1n) is 7.30. The predicted molar refractivity (Wildman–Crippen MR) is 77.3 cm³/mol. The summed E-state index contributed by atoms with van der Waals surface area (Å²) in [5, 5.41) is 3.21. The number of carbonyl (C=O) groups is 1. The smallest absolute Gasteiger partial charge is 0.253 e. The van der Waals surface area contributed by atoms with Crippen molar-refractivity contribution in [2.24, 2.45) is 17.8 Å². The molecule has 3 rings (SSSR count). The largest absolute Gasteiger partial charge is 0.349 e. The molecule has 0 heterocycles. The fraction of sp³-hybridized carbons (Fsp3) is 0.562. The van der Waals surface area contributed by atoms with E-state index in [0.29, 0.717) is 11.5 Å². The average Bonchev–Trinajstić information content (AvgIpc) is 3.00. The van der Waals surface area contributed by atoms with Gasteiger partial charge in [-0.2, -0.15) is 0 Å². The van der Waals surface area contributed by atoms with Gasteiger partial charge in [0.2, 0.25) is 0 Å². The molecule has 2 nitrogen and oxygen atoms in total. The summed E-state index contributed by atoms with van der Waals surface area (Å²) in [6, 6.07) is 4.04. The molecule has 20 heavy (non-hydrogen) atoms. The van der Waals surface area contributed by atoms with Gasteiger partial charge < -0.3 is 5.32 Å². The summed E-state index contributed by atoms with van der Waals surface area (Å²) < 4.78 is 13.0. The van der Waals surface area contributed by atoms with Gasteiger partial charge in [0.1, 0.15) is 5.82 Å². The third-order valence-corrected chi connectivity index (χ3v) is 5.28. The molecule has 1 aromatic carbocycles. The standard InChI is InChI=1S/C16H19ClFNO/c1-9(14-7-10-2-3-11(14)6-10)19-16(20)13-5-4-12(18)8-15(13)17/h4-5,8-11,14H,2-3,6-7H2,1H3,(H,19,20)/t9-,10-,11-,14-/m0/s1. The SMILES string of the molecule is C[C@H](NC(=O)c1ccc(F)cc1Cl)[C@@H]1C[C@H]2CC[C@H]1C2. The monoisotopic (exact) mass is 295 g/mol. The van der Waals surface area contributed by atoms with Gasteiger partial charge in [0.05, 0.1) is 10.6 Å². The Balaban J connectivity index is 1.66. The summed E-state index contributed by atoms with van der Waals surface area (Å²) in [6.07, 6.45) is 5.20. The summed E-state index contributed by atoms with van der Waals surface area (Å²) >= 11 is 5.93. The maximum absolute atomic E-state index is 13.0. The third-order valence-electron chi connectivity index (χ3n) is 4.97. The van der Waals surface area contributed by atoms with Crippen LogP contribution in [0.4, 0.5) is 4.39 Å². The highest BCUT2D eigenvalue weighted by molar-refractivity contribution is 6.33. The normalized spacial score (nSPS) is 29.4. The van der Waals surface area contributed by atoms with Crippen LogP contribution in [0.25, 0.3) is 0 Å². The molecule has 0 unspecified atom stereocenters. The number of carbonyl (C=O) groups excluding carboxylic acids is 1. The van der Waals surface area contributed by atoms with E-state index in [2.05, 4.69) is 12.2 Å². The van der Waals surface area contributed by atoms with Crippen LogP contribution in [0.1, 0.15) is 43.0 Å². The van der Waals surface area contributed by atoms with Gasteiger partial charge in [-0.25, -0.2) is 4.39 Å². The second-order valence-electron chi connectivity index (χ2n) is 6.23. The molecular formula is C16H19ClFNO. The zero-order chi connectivity index (χ0) is 14.3. The number of amides is 1. The summed E-state index contributed by atoms with van der Waals surface area (Å²) in [6.45, 7) is 2.07. The van der Waals surface area contributed by atoms with Crippen molar-refractivity contribution in [1.82, 2.24) is 5.32 Å². The quantitative estimate of drug-likeness (QED) is 0.896. The lowest BCUT2D eigenvalue weighted by Crippen LogP contribution is -2.40. The molecule has 1 N–H and O–H groups in total. The molecule has 2 aliphatic rings. The Morgan fingerprint density at radius 2 is 2.20 bits per heavy atom. The lowest BCUT2D eigenvalue weighted by Gasteiger charge is -2.28. The second kappa shape index (κ2) is 5.36. The lowest BCUT2D eigenvalue weighted by atomic mass is 9.84. The molecule has 2 bridgehead atoms. The molecule has 2 aliphatic carbocycles. The molecular weight excluding hydrogens is 277 g/mol. The van der Waals surface area contributed by atoms with Gasteiger partial charge in [-0.05, 0) is 62.1 Å². The zero-order valence-corrected chi connectivity index (χ0v) is 12.3. The fourth-order valence-electron chi connectivity index (χ4n) is 3.97. The van der Waals surface area contributed by atoms with E-state index in [4.69, 9.17) is 11.6 Å².